The highest BCUT2D eigenvalue weighted by Gasteiger charge is 2.24. The lowest BCUT2D eigenvalue weighted by Gasteiger charge is -2.22. The molecule has 168 valence electrons. The summed E-state index contributed by atoms with van der Waals surface area (Å²) < 4.78 is 39.1. The highest BCUT2D eigenvalue weighted by molar-refractivity contribution is 7.89. The fourth-order valence-corrected chi connectivity index (χ4v) is 4.64. The molecule has 3 rings (SSSR count). The lowest BCUT2D eigenvalue weighted by molar-refractivity contribution is 0.0758. The molecular weight excluding hydrogens is 416 g/mol. The third-order valence-corrected chi connectivity index (χ3v) is 6.81. The van der Waals surface area contributed by atoms with Gasteiger partial charge in [0.05, 0.1) is 17.6 Å². The summed E-state index contributed by atoms with van der Waals surface area (Å²) in [6, 6.07) is 11.9. The highest BCUT2D eigenvalue weighted by Crippen LogP contribution is 2.25. The molecule has 0 unspecified atom stereocenters. The first-order valence-electron chi connectivity index (χ1n) is 10.6. The molecule has 1 fully saturated rings. The van der Waals surface area contributed by atoms with Crippen LogP contribution in [0.1, 0.15) is 41.6 Å². The van der Waals surface area contributed by atoms with E-state index in [2.05, 4.69) is 4.72 Å². The number of methoxy groups -OCH3 is 1. The van der Waals surface area contributed by atoms with E-state index >= 15 is 0 Å². The van der Waals surface area contributed by atoms with E-state index in [1.807, 2.05) is 31.2 Å². The van der Waals surface area contributed by atoms with Crippen LogP contribution < -0.4 is 14.2 Å². The number of likely N-dealkylation sites (tertiary alicyclic amines) is 1. The van der Waals surface area contributed by atoms with Crippen LogP contribution in [-0.4, -0.2) is 52.6 Å². The van der Waals surface area contributed by atoms with Crippen LogP contribution in [0.5, 0.6) is 11.5 Å². The third-order valence-electron chi connectivity index (χ3n) is 5.35. The smallest absolute Gasteiger partial charge is 0.257 e. The summed E-state index contributed by atoms with van der Waals surface area (Å²) in [5.41, 5.74) is 1.25. The monoisotopic (exact) mass is 446 g/mol. The first-order chi connectivity index (χ1) is 14.9. The molecule has 0 spiro atoms. The topological polar surface area (TPSA) is 84.9 Å². The van der Waals surface area contributed by atoms with Gasteiger partial charge in [0.25, 0.3) is 5.91 Å². The van der Waals surface area contributed by atoms with Gasteiger partial charge in [0.15, 0.2) is 0 Å². The minimum Gasteiger partial charge on any atom is -0.496 e. The van der Waals surface area contributed by atoms with Gasteiger partial charge in [-0.3, -0.25) is 4.79 Å². The van der Waals surface area contributed by atoms with Crippen LogP contribution >= 0.6 is 0 Å². The number of sulfonamides is 1. The Morgan fingerprint density at radius 3 is 2.42 bits per heavy atom. The molecule has 1 aliphatic rings. The zero-order valence-electron chi connectivity index (χ0n) is 18.1. The average molecular weight is 447 g/mol. The maximum atomic E-state index is 13.1. The van der Waals surface area contributed by atoms with Crippen molar-refractivity contribution in [2.24, 2.45) is 0 Å². The molecule has 0 aliphatic carbocycles. The number of aryl methyl sites for hydroxylation is 1. The van der Waals surface area contributed by atoms with Crippen LogP contribution in [0, 0.1) is 6.92 Å². The molecule has 0 aromatic heterocycles. The Hall–Kier alpha value is -2.58. The summed E-state index contributed by atoms with van der Waals surface area (Å²) in [5, 5.41) is 0. The molecular formula is C23H30N2O5S. The predicted octanol–water partition coefficient (Wildman–Crippen LogP) is 3.38. The van der Waals surface area contributed by atoms with Crippen LogP contribution in [0.15, 0.2) is 47.4 Å². The Kier molecular flexibility index (Phi) is 7.92. The Balaban J connectivity index is 1.69. The summed E-state index contributed by atoms with van der Waals surface area (Å²) >= 11 is 0. The van der Waals surface area contributed by atoms with E-state index < -0.39 is 10.0 Å². The van der Waals surface area contributed by atoms with Crippen molar-refractivity contribution in [1.82, 2.24) is 9.62 Å². The largest absolute Gasteiger partial charge is 0.496 e. The van der Waals surface area contributed by atoms with Crippen molar-refractivity contribution in [3.8, 4) is 11.5 Å². The molecule has 31 heavy (non-hydrogen) atoms. The summed E-state index contributed by atoms with van der Waals surface area (Å²) in [5.74, 6) is 0.895. The van der Waals surface area contributed by atoms with Gasteiger partial charge < -0.3 is 14.4 Å². The number of hydrogen-bond acceptors (Lipinski definition) is 5. The van der Waals surface area contributed by atoms with E-state index in [1.165, 1.54) is 25.3 Å². The number of amides is 1. The van der Waals surface area contributed by atoms with Gasteiger partial charge in [-0.15, -0.1) is 0 Å². The van der Waals surface area contributed by atoms with Gasteiger partial charge in [-0.1, -0.05) is 31.0 Å². The van der Waals surface area contributed by atoms with E-state index in [0.29, 0.717) is 18.8 Å². The Labute approximate surface area is 184 Å². The second kappa shape index (κ2) is 10.6. The van der Waals surface area contributed by atoms with E-state index in [9.17, 15) is 13.2 Å². The predicted molar refractivity (Wildman–Crippen MR) is 119 cm³/mol. The van der Waals surface area contributed by atoms with Crippen LogP contribution in [0.4, 0.5) is 0 Å². The maximum Gasteiger partial charge on any atom is 0.257 e. The first kappa shape index (κ1) is 23.1. The van der Waals surface area contributed by atoms with Crippen molar-refractivity contribution >= 4 is 15.9 Å². The van der Waals surface area contributed by atoms with Gasteiger partial charge in [-0.05, 0) is 49.6 Å². The summed E-state index contributed by atoms with van der Waals surface area (Å²) in [7, 11) is -2.32. The minimum absolute atomic E-state index is 0.0300. The van der Waals surface area contributed by atoms with Crippen LogP contribution in [-0.2, 0) is 10.0 Å². The lowest BCUT2D eigenvalue weighted by atomic mass is 10.1. The number of rotatable bonds is 8. The minimum atomic E-state index is -3.80. The molecule has 1 amide bonds. The first-order valence-corrected chi connectivity index (χ1v) is 12.1. The standard InChI is InChI=1S/C23H30N2O5S/c1-18-9-5-6-10-21(18)30-16-13-24-31(27,28)19-11-12-22(29-2)20(17-19)23(26)25-14-7-3-4-8-15-25/h5-6,9-12,17,24H,3-4,7-8,13-16H2,1-2H3. The van der Waals surface area contributed by atoms with Gasteiger partial charge in [-0.25, -0.2) is 13.1 Å². The second-order valence-electron chi connectivity index (χ2n) is 7.58. The van der Waals surface area contributed by atoms with Crippen molar-refractivity contribution in [3.63, 3.8) is 0 Å². The van der Waals surface area contributed by atoms with Crippen LogP contribution in [0.3, 0.4) is 0 Å². The summed E-state index contributed by atoms with van der Waals surface area (Å²) in [6.45, 7) is 3.58. The fourth-order valence-electron chi connectivity index (χ4n) is 3.60. The highest BCUT2D eigenvalue weighted by atomic mass is 32.2. The Morgan fingerprint density at radius 2 is 1.74 bits per heavy atom. The third kappa shape index (κ3) is 5.98. The van der Waals surface area contributed by atoms with E-state index in [1.54, 1.807) is 4.90 Å². The quantitative estimate of drug-likeness (QED) is 0.629. The van der Waals surface area contributed by atoms with Gasteiger partial charge in [0, 0.05) is 19.6 Å². The van der Waals surface area contributed by atoms with Crippen molar-refractivity contribution in [1.29, 1.82) is 0 Å². The van der Waals surface area contributed by atoms with Gasteiger partial charge >= 0.3 is 0 Å². The number of carbonyl (C=O) groups excluding carboxylic acids is 1. The Morgan fingerprint density at radius 1 is 1.03 bits per heavy atom. The normalized spacial score (nSPS) is 14.7. The molecule has 1 aliphatic heterocycles. The summed E-state index contributed by atoms with van der Waals surface area (Å²) in [6.07, 6.45) is 4.11. The number of hydrogen-bond donors (Lipinski definition) is 1. The number of ether oxygens (including phenoxy) is 2. The number of carbonyl (C=O) groups is 1. The van der Waals surface area contributed by atoms with Crippen molar-refractivity contribution in [3.05, 3.63) is 53.6 Å². The van der Waals surface area contributed by atoms with Crippen molar-refractivity contribution in [2.45, 2.75) is 37.5 Å². The SMILES string of the molecule is COc1ccc(S(=O)(=O)NCCOc2ccccc2C)cc1C(=O)N1CCCCCC1. The molecule has 0 atom stereocenters. The van der Waals surface area contributed by atoms with Crippen molar-refractivity contribution < 1.29 is 22.7 Å². The second-order valence-corrected chi connectivity index (χ2v) is 9.35. The van der Waals surface area contributed by atoms with Crippen LogP contribution in [0.2, 0.25) is 0 Å². The molecule has 1 saturated heterocycles. The zero-order valence-corrected chi connectivity index (χ0v) is 18.9. The molecule has 1 N–H and O–H groups in total. The maximum absolute atomic E-state index is 13.1. The average Bonchev–Trinajstić information content (AvgIpc) is 3.06. The molecule has 0 radical (unpaired) electrons. The summed E-state index contributed by atoms with van der Waals surface area (Å²) in [4.78, 5) is 14.9. The number of nitrogens with one attached hydrogen (secondary N) is 1. The molecule has 8 heteroatoms. The van der Waals surface area contributed by atoms with Crippen LogP contribution in [0.25, 0.3) is 0 Å². The Bertz CT molecular complexity index is 999. The van der Waals surface area contributed by atoms with Crippen molar-refractivity contribution in [2.75, 3.05) is 33.4 Å². The fraction of sp³-hybridized carbons (Fsp3) is 0.435. The van der Waals surface area contributed by atoms with Gasteiger partial charge in [0.2, 0.25) is 10.0 Å². The molecule has 7 nitrogen and oxygen atoms in total. The molecule has 1 heterocycles. The number of para-hydroxylation sites is 1. The molecule has 0 bridgehead atoms. The van der Waals surface area contributed by atoms with E-state index in [4.69, 9.17) is 9.47 Å². The van der Waals surface area contributed by atoms with Gasteiger partial charge in [0.1, 0.15) is 18.1 Å². The molecule has 2 aromatic rings. The van der Waals surface area contributed by atoms with E-state index in [-0.39, 0.29) is 29.5 Å². The molecule has 0 saturated carbocycles. The number of benzene rings is 2. The zero-order chi connectivity index (χ0) is 22.3. The molecule has 2 aromatic carbocycles. The van der Waals surface area contributed by atoms with Gasteiger partial charge in [-0.2, -0.15) is 0 Å². The van der Waals surface area contributed by atoms with E-state index in [0.717, 1.165) is 37.0 Å². The number of nitrogens with zero attached hydrogens (tertiary/aromatic N) is 1. The lowest BCUT2D eigenvalue weighted by Crippen LogP contribution is -2.32.